The topological polar surface area (TPSA) is 86.7 Å². The predicted molar refractivity (Wildman–Crippen MR) is 90.3 cm³/mol. The maximum Gasteiger partial charge on any atom is 0.308 e. The Bertz CT molecular complexity index is 645. The highest BCUT2D eigenvalue weighted by molar-refractivity contribution is 6.35. The lowest BCUT2D eigenvalue weighted by Gasteiger charge is -2.24. The zero-order valence-electron chi connectivity index (χ0n) is 13.1. The van der Waals surface area contributed by atoms with Crippen LogP contribution < -0.4 is 5.32 Å². The number of carbonyl (C=O) groups is 3. The van der Waals surface area contributed by atoms with Gasteiger partial charge in [0, 0.05) is 28.7 Å². The molecule has 2 atom stereocenters. The van der Waals surface area contributed by atoms with Gasteiger partial charge in [0.2, 0.25) is 5.91 Å². The number of hydrogen-bond donors (Lipinski definition) is 2. The van der Waals surface area contributed by atoms with Crippen molar-refractivity contribution >= 4 is 41.0 Å². The fraction of sp³-hybridized carbons (Fsp3) is 0.438. The molecule has 2 unspecified atom stereocenters. The maximum absolute atomic E-state index is 12.6. The predicted octanol–water partition coefficient (Wildman–Crippen LogP) is 2.43. The van der Waals surface area contributed by atoms with Gasteiger partial charge in [0.25, 0.3) is 5.91 Å². The monoisotopic (exact) mass is 372 g/mol. The van der Waals surface area contributed by atoms with Crippen LogP contribution in [0.1, 0.15) is 30.1 Å². The Labute approximate surface area is 149 Å². The minimum Gasteiger partial charge on any atom is -0.481 e. The van der Waals surface area contributed by atoms with Crippen molar-refractivity contribution in [3.63, 3.8) is 0 Å². The van der Waals surface area contributed by atoms with Gasteiger partial charge in [-0.2, -0.15) is 0 Å². The molecule has 1 aromatic rings. The first kappa shape index (κ1) is 18.5. The molecule has 0 bridgehead atoms. The van der Waals surface area contributed by atoms with E-state index in [9.17, 15) is 14.4 Å². The maximum atomic E-state index is 12.6. The highest BCUT2D eigenvalue weighted by Gasteiger charge is 2.34. The average Bonchev–Trinajstić information content (AvgIpc) is 2.99. The Balaban J connectivity index is 2.07. The third-order valence-corrected chi connectivity index (χ3v) is 4.37. The molecule has 24 heavy (non-hydrogen) atoms. The van der Waals surface area contributed by atoms with Crippen LogP contribution in [0.15, 0.2) is 18.2 Å². The minimum absolute atomic E-state index is 0.0235. The molecule has 0 aliphatic carbocycles. The van der Waals surface area contributed by atoms with E-state index >= 15 is 0 Å². The average molecular weight is 373 g/mol. The minimum atomic E-state index is -0.983. The van der Waals surface area contributed by atoms with Crippen LogP contribution in [-0.2, 0) is 9.59 Å². The molecule has 2 rings (SSSR count). The molecule has 1 aliphatic heterocycles. The molecular weight excluding hydrogens is 355 g/mol. The lowest BCUT2D eigenvalue weighted by molar-refractivity contribution is -0.141. The summed E-state index contributed by atoms with van der Waals surface area (Å²) in [4.78, 5) is 37.2. The molecule has 0 aromatic heterocycles. The Morgan fingerprint density at radius 1 is 1.29 bits per heavy atom. The normalized spacial score (nSPS) is 18.3. The number of likely N-dealkylation sites (tertiary alicyclic amines) is 1. The van der Waals surface area contributed by atoms with Gasteiger partial charge in [-0.05, 0) is 31.0 Å². The number of aliphatic carboxylic acids is 1. The highest BCUT2D eigenvalue weighted by atomic mass is 35.5. The van der Waals surface area contributed by atoms with Crippen molar-refractivity contribution in [2.75, 3.05) is 13.1 Å². The van der Waals surface area contributed by atoms with E-state index in [0.29, 0.717) is 35.0 Å². The molecule has 8 heteroatoms. The van der Waals surface area contributed by atoms with Crippen molar-refractivity contribution in [2.24, 2.45) is 5.92 Å². The molecule has 1 aliphatic rings. The van der Waals surface area contributed by atoms with Crippen LogP contribution in [-0.4, -0.2) is 46.9 Å². The molecule has 0 saturated carbocycles. The quantitative estimate of drug-likeness (QED) is 0.830. The lowest BCUT2D eigenvalue weighted by Crippen LogP contribution is -2.47. The molecule has 2 amide bonds. The van der Waals surface area contributed by atoms with E-state index in [1.165, 1.54) is 30.0 Å². The van der Waals surface area contributed by atoms with Crippen molar-refractivity contribution in [2.45, 2.75) is 25.8 Å². The Morgan fingerprint density at radius 2 is 1.92 bits per heavy atom. The molecule has 0 radical (unpaired) electrons. The van der Waals surface area contributed by atoms with Gasteiger partial charge in [-0.25, -0.2) is 0 Å². The number of rotatable bonds is 5. The fourth-order valence-electron chi connectivity index (χ4n) is 2.58. The van der Waals surface area contributed by atoms with Crippen LogP contribution in [0.2, 0.25) is 10.0 Å². The van der Waals surface area contributed by atoms with Gasteiger partial charge in [-0.3, -0.25) is 14.4 Å². The van der Waals surface area contributed by atoms with E-state index in [0.717, 1.165) is 0 Å². The number of nitrogens with one attached hydrogen (secondary N) is 1. The largest absolute Gasteiger partial charge is 0.481 e. The number of hydrogen-bond acceptors (Lipinski definition) is 3. The van der Waals surface area contributed by atoms with Gasteiger partial charge in [-0.1, -0.05) is 30.1 Å². The van der Waals surface area contributed by atoms with Crippen LogP contribution >= 0.6 is 23.2 Å². The van der Waals surface area contributed by atoms with Gasteiger partial charge in [0.15, 0.2) is 0 Å². The molecule has 1 saturated heterocycles. The third-order valence-electron chi connectivity index (χ3n) is 3.93. The molecular formula is C16H18Cl2N2O4. The summed E-state index contributed by atoms with van der Waals surface area (Å²) >= 11 is 11.8. The van der Waals surface area contributed by atoms with Gasteiger partial charge in [0.1, 0.15) is 6.04 Å². The second-order valence-electron chi connectivity index (χ2n) is 5.80. The van der Waals surface area contributed by atoms with E-state index < -0.39 is 17.9 Å². The number of carboxylic acid groups (broad SMARTS) is 1. The zero-order valence-corrected chi connectivity index (χ0v) is 14.6. The first-order valence-electron chi connectivity index (χ1n) is 7.57. The van der Waals surface area contributed by atoms with Crippen LogP contribution in [0.3, 0.4) is 0 Å². The van der Waals surface area contributed by atoms with E-state index in [1.54, 1.807) is 0 Å². The van der Waals surface area contributed by atoms with Gasteiger partial charge < -0.3 is 15.3 Å². The van der Waals surface area contributed by atoms with Gasteiger partial charge in [-0.15, -0.1) is 0 Å². The first-order chi connectivity index (χ1) is 11.3. The SMILES string of the molecule is CC(CNC(=O)C1CCCN1C(=O)c1cc(Cl)cc(Cl)c1)C(=O)O. The second-order valence-corrected chi connectivity index (χ2v) is 6.67. The summed E-state index contributed by atoms with van der Waals surface area (Å²) in [6, 6.07) is 3.93. The summed E-state index contributed by atoms with van der Waals surface area (Å²) in [5.74, 6) is -2.33. The lowest BCUT2D eigenvalue weighted by atomic mass is 10.1. The number of benzene rings is 1. The smallest absolute Gasteiger partial charge is 0.308 e. The van der Waals surface area contributed by atoms with Crippen LogP contribution in [0, 0.1) is 5.92 Å². The zero-order chi connectivity index (χ0) is 17.9. The van der Waals surface area contributed by atoms with Crippen LogP contribution in [0.25, 0.3) is 0 Å². The summed E-state index contributed by atoms with van der Waals surface area (Å²) in [5, 5.41) is 12.2. The van der Waals surface area contributed by atoms with E-state index in [1.807, 2.05) is 0 Å². The van der Waals surface area contributed by atoms with E-state index in [4.69, 9.17) is 28.3 Å². The summed E-state index contributed by atoms with van der Waals surface area (Å²) in [6.45, 7) is 1.99. The number of halogens is 2. The summed E-state index contributed by atoms with van der Waals surface area (Å²) in [6.07, 6.45) is 1.24. The molecule has 0 spiro atoms. The molecule has 6 nitrogen and oxygen atoms in total. The second kappa shape index (κ2) is 7.85. The van der Waals surface area contributed by atoms with Gasteiger partial charge in [0.05, 0.1) is 5.92 Å². The summed E-state index contributed by atoms with van der Waals surface area (Å²) in [5.41, 5.74) is 0.325. The third kappa shape index (κ3) is 4.39. The molecule has 1 heterocycles. The van der Waals surface area contributed by atoms with Gasteiger partial charge >= 0.3 is 5.97 Å². The van der Waals surface area contributed by atoms with Crippen molar-refractivity contribution < 1.29 is 19.5 Å². The Morgan fingerprint density at radius 3 is 2.50 bits per heavy atom. The van der Waals surface area contributed by atoms with Crippen molar-refractivity contribution in [1.82, 2.24) is 10.2 Å². The van der Waals surface area contributed by atoms with Crippen molar-refractivity contribution in [3.05, 3.63) is 33.8 Å². The number of amides is 2. The van der Waals surface area contributed by atoms with E-state index in [2.05, 4.69) is 5.32 Å². The molecule has 1 aromatic carbocycles. The molecule has 2 N–H and O–H groups in total. The number of carboxylic acids is 1. The van der Waals surface area contributed by atoms with Crippen molar-refractivity contribution in [1.29, 1.82) is 0 Å². The van der Waals surface area contributed by atoms with Crippen LogP contribution in [0.5, 0.6) is 0 Å². The molecule has 130 valence electrons. The summed E-state index contributed by atoms with van der Waals surface area (Å²) in [7, 11) is 0. The standard InChI is InChI=1S/C16H18Cl2N2O4/c1-9(16(23)24)8-19-14(21)13-3-2-4-20(13)15(22)10-5-11(17)7-12(18)6-10/h5-7,9,13H,2-4,8H2,1H3,(H,19,21)(H,23,24). The number of nitrogens with zero attached hydrogens (tertiary/aromatic N) is 1. The van der Waals surface area contributed by atoms with E-state index in [-0.39, 0.29) is 18.4 Å². The van der Waals surface area contributed by atoms with Crippen LogP contribution in [0.4, 0.5) is 0 Å². The highest BCUT2D eigenvalue weighted by Crippen LogP contribution is 2.24. The Kier molecular flexibility index (Phi) is 6.07. The number of carbonyl (C=O) groups excluding carboxylic acids is 2. The fourth-order valence-corrected chi connectivity index (χ4v) is 3.11. The Hall–Kier alpha value is -1.79. The van der Waals surface area contributed by atoms with Crippen molar-refractivity contribution in [3.8, 4) is 0 Å². The first-order valence-corrected chi connectivity index (χ1v) is 8.32. The molecule has 1 fully saturated rings. The summed E-state index contributed by atoms with van der Waals surface area (Å²) < 4.78 is 0.